The Morgan fingerprint density at radius 2 is 2.26 bits per heavy atom. The average Bonchev–Trinajstić information content (AvgIpc) is 2.74. The SMILES string of the molecule is CN1CCC(Nc2ccc(N)c3ncccc23)C1=O. The van der Waals surface area contributed by atoms with E-state index in [1.165, 1.54) is 0 Å². The minimum Gasteiger partial charge on any atom is -0.397 e. The van der Waals surface area contributed by atoms with Crippen LogP contribution in [0.15, 0.2) is 30.5 Å². The molecule has 0 aliphatic carbocycles. The van der Waals surface area contributed by atoms with Gasteiger partial charge in [-0.1, -0.05) is 0 Å². The van der Waals surface area contributed by atoms with Gasteiger partial charge in [0.15, 0.2) is 0 Å². The van der Waals surface area contributed by atoms with Crippen molar-refractivity contribution in [3.8, 4) is 0 Å². The predicted octanol–water partition coefficient (Wildman–Crippen LogP) is 1.46. The number of nitrogens with zero attached hydrogens (tertiary/aromatic N) is 2. The van der Waals surface area contributed by atoms with Gasteiger partial charge in [-0.25, -0.2) is 0 Å². The number of likely N-dealkylation sites (N-methyl/N-ethyl adjacent to an activating group) is 1. The Labute approximate surface area is 111 Å². The third-order valence-electron chi connectivity index (χ3n) is 3.56. The van der Waals surface area contributed by atoms with Crippen molar-refractivity contribution in [2.75, 3.05) is 24.6 Å². The Morgan fingerprint density at radius 1 is 1.42 bits per heavy atom. The van der Waals surface area contributed by atoms with Gasteiger partial charge in [0.1, 0.15) is 6.04 Å². The summed E-state index contributed by atoms with van der Waals surface area (Å²) in [4.78, 5) is 18.0. The van der Waals surface area contributed by atoms with Gasteiger partial charge in [-0.15, -0.1) is 0 Å². The topological polar surface area (TPSA) is 71.2 Å². The fourth-order valence-corrected chi connectivity index (χ4v) is 2.46. The zero-order valence-electron chi connectivity index (χ0n) is 10.8. The Hall–Kier alpha value is -2.30. The van der Waals surface area contributed by atoms with Crippen LogP contribution in [0.3, 0.4) is 0 Å². The van der Waals surface area contributed by atoms with Crippen molar-refractivity contribution in [1.29, 1.82) is 0 Å². The fourth-order valence-electron chi connectivity index (χ4n) is 2.46. The summed E-state index contributed by atoms with van der Waals surface area (Å²) in [5, 5.41) is 4.25. The van der Waals surface area contributed by atoms with Crippen LogP contribution >= 0.6 is 0 Å². The Bertz CT molecular complexity index is 640. The summed E-state index contributed by atoms with van der Waals surface area (Å²) in [6, 6.07) is 7.41. The van der Waals surface area contributed by atoms with E-state index in [9.17, 15) is 4.79 Å². The molecule has 98 valence electrons. The summed E-state index contributed by atoms with van der Waals surface area (Å²) in [5.41, 5.74) is 8.24. The third kappa shape index (κ3) is 1.97. The highest BCUT2D eigenvalue weighted by molar-refractivity contribution is 5.99. The molecule has 2 heterocycles. The van der Waals surface area contributed by atoms with Gasteiger partial charge in [-0.05, 0) is 30.7 Å². The highest BCUT2D eigenvalue weighted by Crippen LogP contribution is 2.28. The monoisotopic (exact) mass is 256 g/mol. The number of hydrogen-bond donors (Lipinski definition) is 2. The van der Waals surface area contributed by atoms with Crippen molar-refractivity contribution in [2.24, 2.45) is 0 Å². The zero-order valence-corrected chi connectivity index (χ0v) is 10.8. The first-order valence-corrected chi connectivity index (χ1v) is 6.31. The molecule has 1 aromatic carbocycles. The van der Waals surface area contributed by atoms with E-state index in [4.69, 9.17) is 5.73 Å². The standard InChI is InChI=1S/C14H16N4O/c1-18-8-6-12(14(18)19)17-11-5-4-10(15)13-9(11)3-2-7-16-13/h2-5,7,12,17H,6,8,15H2,1H3. The van der Waals surface area contributed by atoms with E-state index in [0.29, 0.717) is 5.69 Å². The number of nitrogen functional groups attached to an aromatic ring is 1. The maximum absolute atomic E-state index is 11.9. The molecule has 5 nitrogen and oxygen atoms in total. The van der Waals surface area contributed by atoms with Gasteiger partial charge in [0.05, 0.1) is 11.2 Å². The number of nitrogens with one attached hydrogen (secondary N) is 1. The van der Waals surface area contributed by atoms with Crippen molar-refractivity contribution in [2.45, 2.75) is 12.5 Å². The van der Waals surface area contributed by atoms with Crippen molar-refractivity contribution >= 4 is 28.2 Å². The molecule has 19 heavy (non-hydrogen) atoms. The van der Waals surface area contributed by atoms with Gasteiger partial charge >= 0.3 is 0 Å². The third-order valence-corrected chi connectivity index (χ3v) is 3.56. The quantitative estimate of drug-likeness (QED) is 0.798. The normalized spacial score (nSPS) is 19.1. The average molecular weight is 256 g/mol. The number of benzene rings is 1. The van der Waals surface area contributed by atoms with Gasteiger partial charge in [-0.3, -0.25) is 9.78 Å². The number of aromatic nitrogens is 1. The van der Waals surface area contributed by atoms with Gasteiger partial charge in [-0.2, -0.15) is 0 Å². The molecule has 1 fully saturated rings. The van der Waals surface area contributed by atoms with E-state index in [1.54, 1.807) is 11.1 Å². The first-order chi connectivity index (χ1) is 9.16. The molecule has 1 aromatic heterocycles. The molecule has 0 saturated carbocycles. The molecule has 2 aromatic rings. The Morgan fingerprint density at radius 3 is 3.00 bits per heavy atom. The lowest BCUT2D eigenvalue weighted by atomic mass is 10.1. The summed E-state index contributed by atoms with van der Waals surface area (Å²) in [6.45, 7) is 0.793. The number of carbonyl (C=O) groups is 1. The van der Waals surface area contributed by atoms with Gasteiger partial charge in [0.2, 0.25) is 5.91 Å². The molecular formula is C14H16N4O. The van der Waals surface area contributed by atoms with E-state index < -0.39 is 0 Å². The smallest absolute Gasteiger partial charge is 0.244 e. The number of pyridine rings is 1. The van der Waals surface area contributed by atoms with Crippen LogP contribution in [0.5, 0.6) is 0 Å². The second kappa shape index (κ2) is 4.42. The molecule has 0 spiro atoms. The van der Waals surface area contributed by atoms with Crippen LogP contribution in [0.4, 0.5) is 11.4 Å². The highest BCUT2D eigenvalue weighted by Gasteiger charge is 2.29. The molecule has 1 atom stereocenters. The van der Waals surface area contributed by atoms with E-state index in [1.807, 2.05) is 31.3 Å². The Kier molecular flexibility index (Phi) is 2.74. The minimum absolute atomic E-state index is 0.133. The van der Waals surface area contributed by atoms with Crippen LogP contribution in [0.2, 0.25) is 0 Å². The number of fused-ring (bicyclic) bond motifs is 1. The summed E-state index contributed by atoms with van der Waals surface area (Å²) in [6.07, 6.45) is 2.54. The maximum atomic E-state index is 11.9. The lowest BCUT2D eigenvalue weighted by molar-refractivity contribution is -0.127. The first kappa shape index (κ1) is 11.8. The summed E-state index contributed by atoms with van der Waals surface area (Å²) in [7, 11) is 1.83. The number of nitrogens with two attached hydrogens (primary N) is 1. The number of rotatable bonds is 2. The van der Waals surface area contributed by atoms with Crippen molar-refractivity contribution in [3.05, 3.63) is 30.5 Å². The van der Waals surface area contributed by atoms with Crippen LogP contribution in [-0.4, -0.2) is 35.4 Å². The van der Waals surface area contributed by atoms with Crippen LogP contribution in [0, 0.1) is 0 Å². The number of hydrogen-bond acceptors (Lipinski definition) is 4. The van der Waals surface area contributed by atoms with Crippen LogP contribution in [0.1, 0.15) is 6.42 Å². The lowest BCUT2D eigenvalue weighted by Gasteiger charge is -2.15. The molecule has 1 saturated heterocycles. The van der Waals surface area contributed by atoms with Crippen LogP contribution in [-0.2, 0) is 4.79 Å². The molecule has 3 rings (SSSR count). The minimum atomic E-state index is -0.156. The molecule has 1 aliphatic heterocycles. The number of amides is 1. The van der Waals surface area contributed by atoms with Crippen molar-refractivity contribution in [3.63, 3.8) is 0 Å². The molecule has 1 unspecified atom stereocenters. The second-order valence-electron chi connectivity index (χ2n) is 4.85. The van der Waals surface area contributed by atoms with Crippen LogP contribution in [0.25, 0.3) is 10.9 Å². The first-order valence-electron chi connectivity index (χ1n) is 6.31. The van der Waals surface area contributed by atoms with Gasteiger partial charge < -0.3 is 16.0 Å². The summed E-state index contributed by atoms with van der Waals surface area (Å²) < 4.78 is 0. The summed E-state index contributed by atoms with van der Waals surface area (Å²) >= 11 is 0. The molecule has 0 bridgehead atoms. The molecule has 1 aliphatic rings. The number of carbonyl (C=O) groups excluding carboxylic acids is 1. The molecule has 0 radical (unpaired) electrons. The molecule has 5 heteroatoms. The van der Waals surface area contributed by atoms with E-state index in [-0.39, 0.29) is 11.9 Å². The van der Waals surface area contributed by atoms with E-state index in [0.717, 1.165) is 29.6 Å². The van der Waals surface area contributed by atoms with E-state index in [2.05, 4.69) is 10.3 Å². The Balaban J connectivity index is 1.98. The van der Waals surface area contributed by atoms with Crippen molar-refractivity contribution < 1.29 is 4.79 Å². The zero-order chi connectivity index (χ0) is 13.4. The molecule has 3 N–H and O–H groups in total. The van der Waals surface area contributed by atoms with Crippen LogP contribution < -0.4 is 11.1 Å². The number of anilines is 2. The second-order valence-corrected chi connectivity index (χ2v) is 4.85. The largest absolute Gasteiger partial charge is 0.397 e. The molecule has 1 amide bonds. The number of likely N-dealkylation sites (tertiary alicyclic amines) is 1. The van der Waals surface area contributed by atoms with Crippen molar-refractivity contribution in [1.82, 2.24) is 9.88 Å². The predicted molar refractivity (Wildman–Crippen MR) is 75.8 cm³/mol. The van der Waals surface area contributed by atoms with Gasteiger partial charge in [0, 0.05) is 30.9 Å². The maximum Gasteiger partial charge on any atom is 0.244 e. The molecular weight excluding hydrogens is 240 g/mol. The highest BCUT2D eigenvalue weighted by atomic mass is 16.2. The fraction of sp³-hybridized carbons (Fsp3) is 0.286. The lowest BCUT2D eigenvalue weighted by Crippen LogP contribution is -2.31. The van der Waals surface area contributed by atoms with E-state index >= 15 is 0 Å². The summed E-state index contributed by atoms with van der Waals surface area (Å²) in [5.74, 6) is 0.133. The van der Waals surface area contributed by atoms with Gasteiger partial charge in [0.25, 0.3) is 0 Å².